The average molecular weight is 506 g/mol. The summed E-state index contributed by atoms with van der Waals surface area (Å²) in [6, 6.07) is 7.39. The Morgan fingerprint density at radius 1 is 0.889 bits per heavy atom. The van der Waals surface area contributed by atoms with Gasteiger partial charge in [0.25, 0.3) is 0 Å². The van der Waals surface area contributed by atoms with Crippen molar-refractivity contribution in [3.05, 3.63) is 40.6 Å². The maximum Gasteiger partial charge on any atom is 0.239 e. The summed E-state index contributed by atoms with van der Waals surface area (Å²) >= 11 is 0. The van der Waals surface area contributed by atoms with Crippen molar-refractivity contribution >= 4 is 11.0 Å². The summed E-state index contributed by atoms with van der Waals surface area (Å²) in [5.41, 5.74) is -0.167. The van der Waals surface area contributed by atoms with Crippen molar-refractivity contribution in [1.29, 1.82) is 0 Å². The zero-order valence-electron chi connectivity index (χ0n) is 19.6. The van der Waals surface area contributed by atoms with Crippen LogP contribution >= 0.6 is 0 Å². The number of hydrogen-bond acceptors (Lipinski definition) is 12. The van der Waals surface area contributed by atoms with Gasteiger partial charge in [-0.3, -0.25) is 4.79 Å². The molecule has 0 radical (unpaired) electrons. The molecule has 5 N–H and O–H groups in total. The highest BCUT2D eigenvalue weighted by molar-refractivity contribution is 5.89. The van der Waals surface area contributed by atoms with Crippen molar-refractivity contribution in [3.8, 4) is 40.1 Å². The van der Waals surface area contributed by atoms with Crippen molar-refractivity contribution in [3.63, 3.8) is 0 Å². The Morgan fingerprint density at radius 3 is 2.22 bits per heavy atom. The van der Waals surface area contributed by atoms with Gasteiger partial charge in [-0.2, -0.15) is 0 Å². The summed E-state index contributed by atoms with van der Waals surface area (Å²) in [6.45, 7) is -0.608. The maximum atomic E-state index is 13.1. The smallest absolute Gasteiger partial charge is 0.239 e. The van der Waals surface area contributed by atoms with Gasteiger partial charge in [-0.25, -0.2) is 0 Å². The van der Waals surface area contributed by atoms with Gasteiger partial charge in [-0.1, -0.05) is 0 Å². The number of rotatable bonds is 7. The van der Waals surface area contributed by atoms with E-state index in [2.05, 4.69) is 0 Å². The van der Waals surface area contributed by atoms with Gasteiger partial charge < -0.3 is 53.6 Å². The summed E-state index contributed by atoms with van der Waals surface area (Å²) in [5, 5.41) is 49.9. The third-order valence-electron chi connectivity index (χ3n) is 5.90. The molecule has 4 rings (SSSR count). The maximum absolute atomic E-state index is 13.1. The van der Waals surface area contributed by atoms with Gasteiger partial charge >= 0.3 is 0 Å². The summed E-state index contributed by atoms with van der Waals surface area (Å²) in [7, 11) is 4.00. The number of aromatic hydroxyl groups is 1. The highest BCUT2D eigenvalue weighted by Gasteiger charge is 2.45. The van der Waals surface area contributed by atoms with Crippen LogP contribution in [-0.4, -0.2) is 84.2 Å². The number of fused-ring (bicyclic) bond motifs is 1. The molecule has 2 aromatic carbocycles. The zero-order valence-corrected chi connectivity index (χ0v) is 19.6. The van der Waals surface area contributed by atoms with E-state index >= 15 is 0 Å². The summed E-state index contributed by atoms with van der Waals surface area (Å²) < 4.78 is 32.7. The first-order valence-electron chi connectivity index (χ1n) is 10.8. The molecule has 12 heteroatoms. The molecule has 3 aromatic rings. The molecule has 36 heavy (non-hydrogen) atoms. The van der Waals surface area contributed by atoms with Crippen molar-refractivity contribution < 1.29 is 53.6 Å². The summed E-state index contributed by atoms with van der Waals surface area (Å²) in [5.74, 6) is -0.162. The van der Waals surface area contributed by atoms with Crippen LogP contribution in [0.3, 0.4) is 0 Å². The van der Waals surface area contributed by atoms with E-state index in [1.807, 2.05) is 0 Å². The van der Waals surface area contributed by atoms with Gasteiger partial charge in [0.05, 0.1) is 27.9 Å². The highest BCUT2D eigenvalue weighted by Crippen LogP contribution is 2.40. The number of phenols is 1. The van der Waals surface area contributed by atoms with E-state index in [9.17, 15) is 30.3 Å². The second-order valence-electron chi connectivity index (χ2n) is 7.96. The lowest BCUT2D eigenvalue weighted by Gasteiger charge is -2.39. The van der Waals surface area contributed by atoms with Gasteiger partial charge in [0, 0.05) is 5.56 Å². The quantitative estimate of drug-likeness (QED) is 0.298. The highest BCUT2D eigenvalue weighted by atomic mass is 16.7. The van der Waals surface area contributed by atoms with Crippen LogP contribution in [0.1, 0.15) is 0 Å². The number of phenolic OH excluding ortho intramolecular Hbond substituents is 1. The lowest BCUT2D eigenvalue weighted by Crippen LogP contribution is -2.60. The molecule has 1 aromatic heterocycles. The van der Waals surface area contributed by atoms with Gasteiger partial charge in [-0.05, 0) is 30.3 Å². The lowest BCUT2D eigenvalue weighted by molar-refractivity contribution is -0.277. The molecule has 0 spiro atoms. The fourth-order valence-electron chi connectivity index (χ4n) is 3.97. The third-order valence-corrected chi connectivity index (χ3v) is 5.90. The molecule has 1 aliphatic heterocycles. The van der Waals surface area contributed by atoms with Crippen LogP contribution < -0.4 is 24.4 Å². The van der Waals surface area contributed by atoms with E-state index in [1.54, 1.807) is 0 Å². The van der Waals surface area contributed by atoms with Crippen molar-refractivity contribution in [1.82, 2.24) is 0 Å². The Bertz CT molecular complexity index is 1300. The number of aliphatic hydroxyl groups excluding tert-OH is 4. The van der Waals surface area contributed by atoms with E-state index in [0.29, 0.717) is 5.56 Å². The van der Waals surface area contributed by atoms with Crippen molar-refractivity contribution in [2.75, 3.05) is 27.9 Å². The van der Waals surface area contributed by atoms with Crippen LogP contribution in [0.25, 0.3) is 22.3 Å². The number of methoxy groups -OCH3 is 3. The Kier molecular flexibility index (Phi) is 7.24. The minimum absolute atomic E-state index is 0.0530. The molecule has 0 amide bonds. The molecule has 12 nitrogen and oxygen atoms in total. The number of hydrogen-bond donors (Lipinski definition) is 5. The van der Waals surface area contributed by atoms with Gasteiger partial charge in [-0.15, -0.1) is 0 Å². The minimum Gasteiger partial charge on any atom is -0.504 e. The van der Waals surface area contributed by atoms with Gasteiger partial charge in [0.15, 0.2) is 28.8 Å². The Labute approximate surface area is 204 Å². The second-order valence-corrected chi connectivity index (χ2v) is 7.96. The molecule has 0 saturated carbocycles. The molecular formula is C24H26O12. The third kappa shape index (κ3) is 4.29. The Morgan fingerprint density at radius 2 is 1.58 bits per heavy atom. The molecule has 1 saturated heterocycles. The molecule has 0 unspecified atom stereocenters. The minimum atomic E-state index is -1.62. The largest absolute Gasteiger partial charge is 0.504 e. The fourth-order valence-corrected chi connectivity index (χ4v) is 3.97. The molecule has 2 heterocycles. The average Bonchev–Trinajstić information content (AvgIpc) is 2.89. The summed E-state index contributed by atoms with van der Waals surface area (Å²) in [6.07, 6.45) is -7.33. The first-order valence-corrected chi connectivity index (χ1v) is 10.8. The van der Waals surface area contributed by atoms with Gasteiger partial charge in [0.2, 0.25) is 17.5 Å². The number of aliphatic hydroxyl groups is 4. The van der Waals surface area contributed by atoms with Crippen molar-refractivity contribution in [2.24, 2.45) is 0 Å². The lowest BCUT2D eigenvalue weighted by atomic mass is 9.99. The van der Waals surface area contributed by atoms with Crippen LogP contribution in [0.2, 0.25) is 0 Å². The zero-order chi connectivity index (χ0) is 26.1. The van der Waals surface area contributed by atoms with Crippen LogP contribution in [0.15, 0.2) is 39.5 Å². The van der Waals surface area contributed by atoms with E-state index < -0.39 is 42.7 Å². The normalized spacial score (nSPS) is 23.9. The molecule has 0 bridgehead atoms. The predicted octanol–water partition coefficient (Wildman–Crippen LogP) is 0.370. The number of ether oxygens (including phenoxy) is 5. The van der Waals surface area contributed by atoms with Gasteiger partial charge in [0.1, 0.15) is 35.4 Å². The van der Waals surface area contributed by atoms with Crippen LogP contribution in [0, 0.1) is 0 Å². The fraction of sp³-hybridized carbons (Fsp3) is 0.375. The number of benzene rings is 2. The van der Waals surface area contributed by atoms with Crippen LogP contribution in [-0.2, 0) is 4.74 Å². The monoisotopic (exact) mass is 506 g/mol. The van der Waals surface area contributed by atoms with Crippen LogP contribution in [0.5, 0.6) is 28.7 Å². The standard InChI is InChI=1S/C24H26O12/c1-31-13-7-6-12-16(17(13)26)19(28)23(33-3)22(34-12)10-4-5-11(14(8-10)32-2)35-24-21(30)20(29)18(27)15(9-25)36-24/h4-8,15,18,20-21,24-27,29-30H,9H2,1-3H3/t15-,18+,20+,21-,24-/m1/s1. The van der Waals surface area contributed by atoms with Crippen LogP contribution in [0.4, 0.5) is 0 Å². The molecule has 1 fully saturated rings. The summed E-state index contributed by atoms with van der Waals surface area (Å²) in [4.78, 5) is 13.1. The molecule has 1 aliphatic rings. The first kappa shape index (κ1) is 25.5. The molecule has 194 valence electrons. The molecule has 0 aliphatic carbocycles. The Hall–Kier alpha value is -3.55. The second kappa shape index (κ2) is 10.2. The van der Waals surface area contributed by atoms with E-state index in [0.717, 1.165) is 0 Å². The SMILES string of the molecule is COc1cc(-c2oc3ccc(OC)c(O)c3c(=O)c2OC)ccc1O[C@@H]1O[C@H](CO)[C@H](O)[C@H](O)[C@H]1O. The van der Waals surface area contributed by atoms with E-state index in [1.165, 1.54) is 51.7 Å². The molecular weight excluding hydrogens is 480 g/mol. The van der Waals surface area contributed by atoms with E-state index in [4.69, 9.17) is 28.1 Å². The topological polar surface area (TPSA) is 178 Å². The predicted molar refractivity (Wildman–Crippen MR) is 124 cm³/mol. The Balaban J connectivity index is 1.74. The van der Waals surface area contributed by atoms with Crippen molar-refractivity contribution in [2.45, 2.75) is 30.7 Å². The van der Waals surface area contributed by atoms with E-state index in [-0.39, 0.29) is 45.5 Å². The first-order chi connectivity index (χ1) is 17.2. The molecule has 5 atom stereocenters.